The molecule has 2 aromatic rings. The summed E-state index contributed by atoms with van der Waals surface area (Å²) in [6.45, 7) is 1.97. The zero-order valence-electron chi connectivity index (χ0n) is 14.1. The van der Waals surface area contributed by atoms with E-state index in [0.29, 0.717) is 10.1 Å². The lowest BCUT2D eigenvalue weighted by molar-refractivity contribution is 0.0526. The summed E-state index contributed by atoms with van der Waals surface area (Å²) in [5, 5.41) is 0. The molecule has 26 heavy (non-hydrogen) atoms. The van der Waals surface area contributed by atoms with E-state index in [2.05, 4.69) is 0 Å². The molecule has 0 N–H and O–H groups in total. The smallest absolute Gasteiger partial charge is 0.339 e. The Morgan fingerprint density at radius 2 is 1.65 bits per heavy atom. The summed E-state index contributed by atoms with van der Waals surface area (Å²) in [4.78, 5) is 11.6. The summed E-state index contributed by atoms with van der Waals surface area (Å²) in [7, 11) is -3.96. The van der Waals surface area contributed by atoms with Gasteiger partial charge in [-0.05, 0) is 48.9 Å². The molecule has 138 valence electrons. The average molecular weight is 411 g/mol. The summed E-state index contributed by atoms with van der Waals surface area (Å²) in [6, 6.07) is 12.6. The van der Waals surface area contributed by atoms with E-state index < -0.39 is 16.1 Å². The third kappa shape index (κ3) is 4.55. The fourth-order valence-electron chi connectivity index (χ4n) is 2.38. The van der Waals surface area contributed by atoms with Crippen LogP contribution in [0.25, 0.3) is 0 Å². The standard InChI is InChI=1S/C18H18O5S3/c1-2-22-17(19)13-5-9-16(10-6-13)26(20,21)23-15-7-3-14(4-8-15)18-24-11-12-25-18/h3-10,18H,2,11-12H2,1H3. The Labute approximate surface area is 161 Å². The number of benzene rings is 2. The number of rotatable bonds is 6. The molecule has 0 spiro atoms. The molecule has 0 aliphatic carbocycles. The molecule has 2 aromatic carbocycles. The number of hydrogen-bond acceptors (Lipinski definition) is 7. The predicted molar refractivity (Wildman–Crippen MR) is 104 cm³/mol. The van der Waals surface area contributed by atoms with Crippen molar-refractivity contribution in [3.63, 3.8) is 0 Å². The highest BCUT2D eigenvalue weighted by Crippen LogP contribution is 2.45. The predicted octanol–water partition coefficient (Wildman–Crippen LogP) is 4.11. The second-order valence-corrected chi connectivity index (χ2v) is 9.70. The lowest BCUT2D eigenvalue weighted by Gasteiger charge is -2.10. The van der Waals surface area contributed by atoms with Crippen molar-refractivity contribution >= 4 is 39.6 Å². The van der Waals surface area contributed by atoms with Gasteiger partial charge in [-0.3, -0.25) is 0 Å². The van der Waals surface area contributed by atoms with E-state index in [9.17, 15) is 13.2 Å². The van der Waals surface area contributed by atoms with Gasteiger partial charge in [0, 0.05) is 11.5 Å². The second-order valence-electron chi connectivity index (χ2n) is 5.42. The van der Waals surface area contributed by atoms with E-state index in [1.807, 2.05) is 35.7 Å². The van der Waals surface area contributed by atoms with E-state index in [0.717, 1.165) is 17.1 Å². The summed E-state index contributed by atoms with van der Waals surface area (Å²) in [5.41, 5.74) is 1.45. The van der Waals surface area contributed by atoms with Crippen LogP contribution in [0.5, 0.6) is 5.75 Å². The first kappa shape index (κ1) is 19.1. The van der Waals surface area contributed by atoms with Crippen molar-refractivity contribution in [1.29, 1.82) is 0 Å². The maximum atomic E-state index is 12.4. The molecule has 1 fully saturated rings. The van der Waals surface area contributed by atoms with E-state index in [1.165, 1.54) is 24.3 Å². The van der Waals surface area contributed by atoms with Crippen molar-refractivity contribution in [1.82, 2.24) is 0 Å². The van der Waals surface area contributed by atoms with E-state index in [-0.39, 0.29) is 17.3 Å². The van der Waals surface area contributed by atoms with Crippen LogP contribution < -0.4 is 4.18 Å². The second kappa shape index (κ2) is 8.37. The van der Waals surface area contributed by atoms with Gasteiger partial charge in [0.1, 0.15) is 10.6 Å². The molecular weight excluding hydrogens is 392 g/mol. The molecule has 1 heterocycles. The Kier molecular flexibility index (Phi) is 6.16. The number of thioether (sulfide) groups is 2. The van der Waals surface area contributed by atoms with E-state index >= 15 is 0 Å². The van der Waals surface area contributed by atoms with Crippen molar-refractivity contribution in [2.75, 3.05) is 18.1 Å². The molecule has 0 unspecified atom stereocenters. The average Bonchev–Trinajstić information content (AvgIpc) is 3.17. The Morgan fingerprint density at radius 3 is 2.23 bits per heavy atom. The van der Waals surface area contributed by atoms with Crippen LogP contribution in [-0.2, 0) is 14.9 Å². The first-order valence-electron chi connectivity index (χ1n) is 8.04. The van der Waals surface area contributed by atoms with Crippen LogP contribution >= 0.6 is 23.5 Å². The Bertz CT molecular complexity index is 855. The number of ether oxygens (including phenoxy) is 1. The maximum Gasteiger partial charge on any atom is 0.339 e. The number of carbonyl (C=O) groups is 1. The highest BCUT2D eigenvalue weighted by molar-refractivity contribution is 8.19. The molecule has 0 radical (unpaired) electrons. The molecule has 3 rings (SSSR count). The summed E-state index contributed by atoms with van der Waals surface area (Å²) in [6.07, 6.45) is 0. The molecular formula is C18H18O5S3. The largest absolute Gasteiger partial charge is 0.462 e. The number of carbonyl (C=O) groups excluding carboxylic acids is 1. The molecule has 0 aromatic heterocycles. The first-order valence-corrected chi connectivity index (χ1v) is 11.5. The summed E-state index contributed by atoms with van der Waals surface area (Å²) >= 11 is 3.77. The Morgan fingerprint density at radius 1 is 1.04 bits per heavy atom. The zero-order chi connectivity index (χ0) is 18.6. The highest BCUT2D eigenvalue weighted by atomic mass is 32.2. The van der Waals surface area contributed by atoms with Crippen LogP contribution in [0.4, 0.5) is 0 Å². The lowest BCUT2D eigenvalue weighted by Crippen LogP contribution is -2.11. The number of hydrogen-bond donors (Lipinski definition) is 0. The lowest BCUT2D eigenvalue weighted by atomic mass is 10.2. The fraction of sp³-hybridized carbons (Fsp3) is 0.278. The zero-order valence-corrected chi connectivity index (χ0v) is 16.5. The minimum absolute atomic E-state index is 0.0171. The van der Waals surface area contributed by atoms with Crippen molar-refractivity contribution < 1.29 is 22.1 Å². The topological polar surface area (TPSA) is 69.7 Å². The van der Waals surface area contributed by atoms with Crippen LogP contribution in [-0.4, -0.2) is 32.5 Å². The fourth-order valence-corrected chi connectivity index (χ4v) is 6.17. The molecule has 1 aliphatic rings. The number of esters is 1. The van der Waals surface area contributed by atoms with Gasteiger partial charge in [0.05, 0.1) is 16.8 Å². The molecule has 0 saturated carbocycles. The van der Waals surface area contributed by atoms with Crippen LogP contribution in [0, 0.1) is 0 Å². The van der Waals surface area contributed by atoms with Gasteiger partial charge in [-0.1, -0.05) is 12.1 Å². The van der Waals surface area contributed by atoms with Crippen LogP contribution in [0.2, 0.25) is 0 Å². The van der Waals surface area contributed by atoms with Crippen molar-refractivity contribution in [2.45, 2.75) is 16.4 Å². The molecule has 0 amide bonds. The van der Waals surface area contributed by atoms with Crippen LogP contribution in [0.1, 0.15) is 27.4 Å². The van der Waals surface area contributed by atoms with Gasteiger partial charge in [-0.25, -0.2) is 4.79 Å². The van der Waals surface area contributed by atoms with E-state index in [1.54, 1.807) is 19.1 Å². The Balaban J connectivity index is 1.71. The molecule has 5 nitrogen and oxygen atoms in total. The van der Waals surface area contributed by atoms with Gasteiger partial charge < -0.3 is 8.92 Å². The summed E-state index contributed by atoms with van der Waals surface area (Å²) < 4.78 is 35.3. The van der Waals surface area contributed by atoms with Gasteiger partial charge in [0.25, 0.3) is 0 Å². The van der Waals surface area contributed by atoms with Gasteiger partial charge in [-0.15, -0.1) is 23.5 Å². The van der Waals surface area contributed by atoms with Crippen molar-refractivity contribution in [2.24, 2.45) is 0 Å². The molecule has 8 heteroatoms. The Hall–Kier alpha value is -1.64. The van der Waals surface area contributed by atoms with Gasteiger partial charge >= 0.3 is 16.1 Å². The quantitative estimate of drug-likeness (QED) is 0.524. The summed E-state index contributed by atoms with van der Waals surface area (Å²) in [5.74, 6) is 2.03. The van der Waals surface area contributed by atoms with Crippen molar-refractivity contribution in [3.05, 3.63) is 59.7 Å². The molecule has 1 aliphatic heterocycles. The van der Waals surface area contributed by atoms with E-state index in [4.69, 9.17) is 8.92 Å². The first-order chi connectivity index (χ1) is 12.5. The van der Waals surface area contributed by atoms with Crippen LogP contribution in [0.15, 0.2) is 53.4 Å². The molecule has 0 atom stereocenters. The maximum absolute atomic E-state index is 12.4. The third-order valence-electron chi connectivity index (χ3n) is 3.63. The van der Waals surface area contributed by atoms with Crippen LogP contribution in [0.3, 0.4) is 0 Å². The normalized spacial score (nSPS) is 15.0. The minimum Gasteiger partial charge on any atom is -0.462 e. The monoisotopic (exact) mass is 410 g/mol. The van der Waals surface area contributed by atoms with Crippen molar-refractivity contribution in [3.8, 4) is 5.75 Å². The van der Waals surface area contributed by atoms with Gasteiger partial charge in [-0.2, -0.15) is 8.42 Å². The minimum atomic E-state index is -3.96. The third-order valence-corrected chi connectivity index (χ3v) is 8.00. The van der Waals surface area contributed by atoms with Gasteiger partial charge in [0.15, 0.2) is 0 Å². The van der Waals surface area contributed by atoms with Gasteiger partial charge in [0.2, 0.25) is 0 Å². The highest BCUT2D eigenvalue weighted by Gasteiger charge is 2.20. The molecule has 0 bridgehead atoms. The molecule has 1 saturated heterocycles. The SMILES string of the molecule is CCOC(=O)c1ccc(S(=O)(=O)Oc2ccc(C3SCCS3)cc2)cc1.